The van der Waals surface area contributed by atoms with Gasteiger partial charge >= 0.3 is 0 Å². The van der Waals surface area contributed by atoms with Crippen LogP contribution in [-0.4, -0.2) is 17.8 Å². The van der Waals surface area contributed by atoms with E-state index in [0.29, 0.717) is 23.2 Å². The molecular weight excluding hydrogens is 226 g/mol. The van der Waals surface area contributed by atoms with Crippen LogP contribution in [-0.2, 0) is 0 Å². The highest BCUT2D eigenvalue weighted by atomic mass is 16.3. The first-order valence-corrected chi connectivity index (χ1v) is 6.41. The Morgan fingerprint density at radius 2 is 2.17 bits per heavy atom. The van der Waals surface area contributed by atoms with Gasteiger partial charge in [-0.05, 0) is 31.0 Å². The molecule has 0 bridgehead atoms. The van der Waals surface area contributed by atoms with Crippen LogP contribution in [0.3, 0.4) is 0 Å². The maximum atomic E-state index is 9.37. The predicted molar refractivity (Wildman–Crippen MR) is 72.0 cm³/mol. The zero-order valence-electron chi connectivity index (χ0n) is 10.4. The van der Waals surface area contributed by atoms with Crippen LogP contribution in [0.5, 0.6) is 0 Å². The third-order valence-corrected chi connectivity index (χ3v) is 3.67. The molecular formula is C14H19N3O. The van der Waals surface area contributed by atoms with Gasteiger partial charge in [-0.1, -0.05) is 12.8 Å². The van der Waals surface area contributed by atoms with Crippen LogP contribution in [0.2, 0.25) is 0 Å². The lowest BCUT2D eigenvalue weighted by Gasteiger charge is -2.31. The molecule has 0 aromatic heterocycles. The minimum absolute atomic E-state index is 0.220. The van der Waals surface area contributed by atoms with Crippen molar-refractivity contribution in [2.45, 2.75) is 31.7 Å². The molecule has 0 aliphatic heterocycles. The molecule has 1 aromatic carbocycles. The second-order valence-corrected chi connectivity index (χ2v) is 4.89. The van der Waals surface area contributed by atoms with Gasteiger partial charge in [-0.3, -0.25) is 0 Å². The highest BCUT2D eigenvalue weighted by Gasteiger charge is 2.24. The van der Waals surface area contributed by atoms with Crippen molar-refractivity contribution in [3.63, 3.8) is 0 Å². The van der Waals surface area contributed by atoms with Crippen LogP contribution in [0.4, 0.5) is 11.4 Å². The largest absolute Gasteiger partial charge is 0.398 e. The normalized spacial score (nSPS) is 23.3. The van der Waals surface area contributed by atoms with Crippen LogP contribution < -0.4 is 11.1 Å². The monoisotopic (exact) mass is 245 g/mol. The van der Waals surface area contributed by atoms with Crippen molar-refractivity contribution in [2.75, 3.05) is 17.7 Å². The van der Waals surface area contributed by atoms with Crippen LogP contribution in [0.1, 0.15) is 31.2 Å². The standard InChI is InChI=1S/C14H19N3O/c15-8-11-7-12(5-6-13(11)16)17-14-4-2-1-3-10(14)9-18/h5-7,10,14,17-18H,1-4,9,16H2. The van der Waals surface area contributed by atoms with E-state index in [1.807, 2.05) is 6.07 Å². The van der Waals surface area contributed by atoms with Gasteiger partial charge in [-0.25, -0.2) is 0 Å². The summed E-state index contributed by atoms with van der Waals surface area (Å²) in [6.07, 6.45) is 4.51. The summed E-state index contributed by atoms with van der Waals surface area (Å²) in [4.78, 5) is 0. The molecule has 2 rings (SSSR count). The summed E-state index contributed by atoms with van der Waals surface area (Å²) in [5.74, 6) is 0.307. The summed E-state index contributed by atoms with van der Waals surface area (Å²) in [6, 6.07) is 7.79. The molecule has 1 saturated carbocycles. The van der Waals surface area contributed by atoms with E-state index >= 15 is 0 Å². The average molecular weight is 245 g/mol. The Bertz CT molecular complexity index is 453. The zero-order valence-corrected chi connectivity index (χ0v) is 10.4. The Morgan fingerprint density at radius 3 is 2.89 bits per heavy atom. The van der Waals surface area contributed by atoms with Gasteiger partial charge in [-0.15, -0.1) is 0 Å². The molecule has 0 amide bonds. The number of aliphatic hydroxyl groups is 1. The first-order valence-electron chi connectivity index (χ1n) is 6.41. The van der Waals surface area contributed by atoms with Crippen molar-refractivity contribution < 1.29 is 5.11 Å². The highest BCUT2D eigenvalue weighted by molar-refractivity contribution is 5.62. The summed E-state index contributed by atoms with van der Waals surface area (Å²) >= 11 is 0. The molecule has 1 aliphatic rings. The number of nitrogens with two attached hydrogens (primary N) is 1. The van der Waals surface area contributed by atoms with Crippen LogP contribution in [0.25, 0.3) is 0 Å². The number of benzene rings is 1. The molecule has 2 atom stereocenters. The van der Waals surface area contributed by atoms with Crippen LogP contribution >= 0.6 is 0 Å². The van der Waals surface area contributed by atoms with Crippen LogP contribution in [0.15, 0.2) is 18.2 Å². The lowest BCUT2D eigenvalue weighted by Crippen LogP contribution is -2.34. The Kier molecular flexibility index (Phi) is 4.06. The SMILES string of the molecule is N#Cc1cc(NC2CCCCC2CO)ccc1N. The van der Waals surface area contributed by atoms with E-state index in [2.05, 4.69) is 11.4 Å². The van der Waals surface area contributed by atoms with E-state index < -0.39 is 0 Å². The van der Waals surface area contributed by atoms with Gasteiger partial charge in [0.15, 0.2) is 0 Å². The van der Waals surface area contributed by atoms with Gasteiger partial charge in [0.25, 0.3) is 0 Å². The fourth-order valence-electron chi connectivity index (χ4n) is 2.57. The second-order valence-electron chi connectivity index (χ2n) is 4.89. The van der Waals surface area contributed by atoms with E-state index in [4.69, 9.17) is 11.0 Å². The summed E-state index contributed by atoms with van der Waals surface area (Å²) in [5.41, 5.74) is 7.61. The number of hydrogen-bond donors (Lipinski definition) is 3. The van der Waals surface area contributed by atoms with E-state index in [9.17, 15) is 5.11 Å². The summed E-state index contributed by atoms with van der Waals surface area (Å²) in [5, 5.41) is 21.7. The van der Waals surface area contributed by atoms with E-state index in [-0.39, 0.29) is 6.61 Å². The molecule has 4 heteroatoms. The number of anilines is 2. The zero-order chi connectivity index (χ0) is 13.0. The summed E-state index contributed by atoms with van der Waals surface area (Å²) < 4.78 is 0. The van der Waals surface area contributed by atoms with E-state index in [1.54, 1.807) is 12.1 Å². The van der Waals surface area contributed by atoms with Gasteiger partial charge in [0.2, 0.25) is 0 Å². The Balaban J connectivity index is 2.11. The molecule has 0 heterocycles. The Morgan fingerprint density at radius 1 is 1.39 bits per heavy atom. The van der Waals surface area contributed by atoms with E-state index in [0.717, 1.165) is 18.5 Å². The molecule has 18 heavy (non-hydrogen) atoms. The molecule has 96 valence electrons. The number of nitriles is 1. The molecule has 1 aromatic rings. The van der Waals surface area contributed by atoms with Crippen molar-refractivity contribution in [3.05, 3.63) is 23.8 Å². The topological polar surface area (TPSA) is 82.1 Å². The fourth-order valence-corrected chi connectivity index (χ4v) is 2.57. The molecule has 0 spiro atoms. The van der Waals surface area contributed by atoms with Crippen molar-refractivity contribution in [1.29, 1.82) is 5.26 Å². The van der Waals surface area contributed by atoms with Crippen molar-refractivity contribution in [2.24, 2.45) is 5.92 Å². The van der Waals surface area contributed by atoms with Crippen molar-refractivity contribution in [1.82, 2.24) is 0 Å². The quantitative estimate of drug-likeness (QED) is 0.712. The molecule has 0 radical (unpaired) electrons. The van der Waals surface area contributed by atoms with Gasteiger partial charge in [0.1, 0.15) is 6.07 Å². The molecule has 0 saturated heterocycles. The number of nitrogen functional groups attached to an aromatic ring is 1. The Hall–Kier alpha value is -1.73. The summed E-state index contributed by atoms with van der Waals surface area (Å²) in [7, 11) is 0. The molecule has 1 aliphatic carbocycles. The lowest BCUT2D eigenvalue weighted by atomic mass is 9.85. The second kappa shape index (κ2) is 5.74. The van der Waals surface area contributed by atoms with E-state index in [1.165, 1.54) is 12.8 Å². The van der Waals surface area contributed by atoms with Gasteiger partial charge < -0.3 is 16.2 Å². The smallest absolute Gasteiger partial charge is 0.101 e. The number of rotatable bonds is 3. The fraction of sp³-hybridized carbons (Fsp3) is 0.500. The predicted octanol–water partition coefficient (Wildman–Crippen LogP) is 2.10. The van der Waals surface area contributed by atoms with Gasteiger partial charge in [-0.2, -0.15) is 5.26 Å². The number of nitrogens with zero attached hydrogens (tertiary/aromatic N) is 1. The molecule has 4 N–H and O–H groups in total. The van der Waals surface area contributed by atoms with Gasteiger partial charge in [0, 0.05) is 29.9 Å². The minimum atomic E-state index is 0.220. The van der Waals surface area contributed by atoms with Crippen molar-refractivity contribution in [3.8, 4) is 6.07 Å². The van der Waals surface area contributed by atoms with Gasteiger partial charge in [0.05, 0.1) is 5.56 Å². The average Bonchev–Trinajstić information content (AvgIpc) is 2.41. The molecule has 1 fully saturated rings. The van der Waals surface area contributed by atoms with Crippen LogP contribution in [0, 0.1) is 17.2 Å². The number of nitrogens with one attached hydrogen (secondary N) is 1. The highest BCUT2D eigenvalue weighted by Crippen LogP contribution is 2.27. The number of hydrogen-bond acceptors (Lipinski definition) is 4. The maximum Gasteiger partial charge on any atom is 0.101 e. The molecule has 4 nitrogen and oxygen atoms in total. The first-order chi connectivity index (χ1) is 8.74. The lowest BCUT2D eigenvalue weighted by molar-refractivity contribution is 0.178. The first kappa shape index (κ1) is 12.7. The minimum Gasteiger partial charge on any atom is -0.398 e. The summed E-state index contributed by atoms with van der Waals surface area (Å²) in [6.45, 7) is 0.220. The third-order valence-electron chi connectivity index (χ3n) is 3.67. The third kappa shape index (κ3) is 2.74. The molecule has 2 unspecified atom stereocenters. The number of aliphatic hydroxyl groups excluding tert-OH is 1. The Labute approximate surface area is 107 Å². The van der Waals surface area contributed by atoms with Crippen molar-refractivity contribution >= 4 is 11.4 Å². The maximum absolute atomic E-state index is 9.37.